The number of rotatable bonds is 5. The Kier molecular flexibility index (Phi) is 5.12. The third-order valence-corrected chi connectivity index (χ3v) is 3.18. The molecule has 0 aliphatic heterocycles. The van der Waals surface area contributed by atoms with Crippen molar-refractivity contribution in [2.75, 3.05) is 17.2 Å². The normalized spacial score (nSPS) is 10.1. The van der Waals surface area contributed by atoms with Crippen LogP contribution < -0.4 is 10.6 Å². The van der Waals surface area contributed by atoms with Crippen LogP contribution in [0.25, 0.3) is 0 Å². The topological polar surface area (TPSA) is 66.9 Å². The first kappa shape index (κ1) is 16.0. The Balaban J connectivity index is 2.23. The van der Waals surface area contributed by atoms with E-state index in [-0.39, 0.29) is 5.91 Å². The maximum absolute atomic E-state index is 12.4. The van der Waals surface area contributed by atoms with Crippen molar-refractivity contribution in [3.05, 3.63) is 59.0 Å². The van der Waals surface area contributed by atoms with Crippen LogP contribution in [0, 0.1) is 13.8 Å². The number of anilines is 2. The zero-order valence-corrected chi connectivity index (χ0v) is 13.2. The number of carbonyl (C=O) groups is 1. The molecule has 2 rings (SSSR count). The van der Waals surface area contributed by atoms with Crippen molar-refractivity contribution >= 4 is 29.0 Å². The number of nitrogens with one attached hydrogen (secondary N) is 2. The van der Waals surface area contributed by atoms with Crippen molar-refractivity contribution in [3.63, 3.8) is 0 Å². The van der Waals surface area contributed by atoms with Crippen molar-refractivity contribution in [1.29, 1.82) is 0 Å². The first-order chi connectivity index (χ1) is 10.5. The van der Waals surface area contributed by atoms with Crippen LogP contribution in [0.5, 0.6) is 0 Å². The zero-order chi connectivity index (χ0) is 16.1. The van der Waals surface area contributed by atoms with Gasteiger partial charge in [0, 0.05) is 23.3 Å². The maximum Gasteiger partial charge on any atom is 0.274 e. The molecule has 1 heterocycles. The molecule has 0 radical (unpaired) electrons. The van der Waals surface area contributed by atoms with Gasteiger partial charge in [0.25, 0.3) is 5.91 Å². The van der Waals surface area contributed by atoms with E-state index in [0.717, 1.165) is 5.56 Å². The highest BCUT2D eigenvalue weighted by atomic mass is 35.5. The Labute approximate surface area is 134 Å². The van der Waals surface area contributed by atoms with Crippen molar-refractivity contribution < 1.29 is 4.79 Å². The van der Waals surface area contributed by atoms with Crippen LogP contribution >= 0.6 is 11.6 Å². The van der Waals surface area contributed by atoms with Crippen LogP contribution in [0.1, 0.15) is 21.9 Å². The number of aryl methyl sites for hydroxylation is 2. The van der Waals surface area contributed by atoms with E-state index in [0.29, 0.717) is 34.6 Å². The molecule has 0 spiro atoms. The van der Waals surface area contributed by atoms with Crippen LogP contribution in [0.2, 0.25) is 5.02 Å². The van der Waals surface area contributed by atoms with E-state index in [2.05, 4.69) is 27.2 Å². The molecule has 5 nitrogen and oxygen atoms in total. The molecule has 2 aromatic rings. The maximum atomic E-state index is 12.4. The van der Waals surface area contributed by atoms with Gasteiger partial charge in [-0.2, -0.15) is 0 Å². The summed E-state index contributed by atoms with van der Waals surface area (Å²) in [7, 11) is 0. The molecule has 1 aromatic heterocycles. The van der Waals surface area contributed by atoms with E-state index >= 15 is 0 Å². The number of carbonyl (C=O) groups excluding carboxylic acids is 1. The van der Waals surface area contributed by atoms with Crippen LogP contribution in [-0.2, 0) is 0 Å². The molecule has 0 bridgehead atoms. The van der Waals surface area contributed by atoms with Gasteiger partial charge in [-0.1, -0.05) is 23.7 Å². The largest absolute Gasteiger partial charge is 0.366 e. The standard InChI is InChI=1S/C16H17ClN4O/c1-4-7-18-15-9-14(19-11(3)20-15)16(22)21-13-8-12(17)6-5-10(13)2/h4-6,8-9H,1,7H2,2-3H3,(H,21,22)(H,18,19,20). The number of amides is 1. The van der Waals surface area contributed by atoms with Gasteiger partial charge in [0.2, 0.25) is 0 Å². The number of benzene rings is 1. The number of hydrogen-bond donors (Lipinski definition) is 2. The molecule has 0 saturated carbocycles. The summed E-state index contributed by atoms with van der Waals surface area (Å²) in [5, 5.41) is 6.42. The molecule has 0 aliphatic carbocycles. The van der Waals surface area contributed by atoms with E-state index in [1.165, 1.54) is 0 Å². The summed E-state index contributed by atoms with van der Waals surface area (Å²) >= 11 is 5.96. The Hall–Kier alpha value is -2.40. The summed E-state index contributed by atoms with van der Waals surface area (Å²) < 4.78 is 0. The summed E-state index contributed by atoms with van der Waals surface area (Å²) in [6, 6.07) is 6.93. The van der Waals surface area contributed by atoms with Gasteiger partial charge in [-0.05, 0) is 31.5 Å². The summed E-state index contributed by atoms with van der Waals surface area (Å²) in [6.45, 7) is 7.83. The summed E-state index contributed by atoms with van der Waals surface area (Å²) in [6.07, 6.45) is 1.71. The molecule has 0 fully saturated rings. The number of halogens is 1. The van der Waals surface area contributed by atoms with E-state index < -0.39 is 0 Å². The van der Waals surface area contributed by atoms with Crippen LogP contribution in [0.3, 0.4) is 0 Å². The predicted molar refractivity (Wildman–Crippen MR) is 89.6 cm³/mol. The molecule has 6 heteroatoms. The molecular weight excluding hydrogens is 300 g/mol. The van der Waals surface area contributed by atoms with Gasteiger partial charge in [-0.3, -0.25) is 4.79 Å². The minimum absolute atomic E-state index is 0.290. The van der Waals surface area contributed by atoms with E-state index in [1.807, 2.05) is 13.0 Å². The Morgan fingerprint density at radius 3 is 2.82 bits per heavy atom. The average Bonchev–Trinajstić information content (AvgIpc) is 2.48. The summed E-state index contributed by atoms with van der Waals surface area (Å²) in [5.41, 5.74) is 1.88. The summed E-state index contributed by atoms with van der Waals surface area (Å²) in [4.78, 5) is 20.8. The first-order valence-corrected chi connectivity index (χ1v) is 7.15. The smallest absolute Gasteiger partial charge is 0.274 e. The molecule has 0 saturated heterocycles. The van der Waals surface area contributed by atoms with Crippen molar-refractivity contribution in [2.24, 2.45) is 0 Å². The van der Waals surface area contributed by atoms with E-state index in [4.69, 9.17) is 11.6 Å². The lowest BCUT2D eigenvalue weighted by atomic mass is 10.2. The second-order valence-corrected chi connectivity index (χ2v) is 5.21. The third-order valence-electron chi connectivity index (χ3n) is 2.95. The SMILES string of the molecule is C=CCNc1cc(C(=O)Nc2cc(Cl)ccc2C)nc(C)n1. The average molecular weight is 317 g/mol. The van der Waals surface area contributed by atoms with Crippen molar-refractivity contribution in [2.45, 2.75) is 13.8 Å². The van der Waals surface area contributed by atoms with Crippen molar-refractivity contribution in [3.8, 4) is 0 Å². The molecule has 0 unspecified atom stereocenters. The lowest BCUT2D eigenvalue weighted by Gasteiger charge is -2.10. The Bertz CT molecular complexity index is 715. The molecule has 22 heavy (non-hydrogen) atoms. The Morgan fingerprint density at radius 2 is 2.09 bits per heavy atom. The summed E-state index contributed by atoms with van der Waals surface area (Å²) in [5.74, 6) is 0.792. The molecule has 0 atom stereocenters. The fraction of sp³-hybridized carbons (Fsp3) is 0.188. The quantitative estimate of drug-likeness (QED) is 0.827. The van der Waals surface area contributed by atoms with Gasteiger partial charge in [0.05, 0.1) is 0 Å². The van der Waals surface area contributed by atoms with Gasteiger partial charge in [-0.25, -0.2) is 9.97 Å². The number of hydrogen-bond acceptors (Lipinski definition) is 4. The highest BCUT2D eigenvalue weighted by molar-refractivity contribution is 6.31. The first-order valence-electron chi connectivity index (χ1n) is 6.77. The molecule has 2 N–H and O–H groups in total. The lowest BCUT2D eigenvalue weighted by Crippen LogP contribution is -2.16. The minimum Gasteiger partial charge on any atom is -0.366 e. The monoisotopic (exact) mass is 316 g/mol. The lowest BCUT2D eigenvalue weighted by molar-refractivity contribution is 0.102. The second kappa shape index (κ2) is 7.04. The second-order valence-electron chi connectivity index (χ2n) is 4.77. The van der Waals surface area contributed by atoms with Gasteiger partial charge in [0.1, 0.15) is 17.3 Å². The van der Waals surface area contributed by atoms with Gasteiger partial charge >= 0.3 is 0 Å². The van der Waals surface area contributed by atoms with Gasteiger partial charge in [-0.15, -0.1) is 6.58 Å². The molecule has 0 aliphatic rings. The predicted octanol–water partition coefficient (Wildman–Crippen LogP) is 3.60. The van der Waals surface area contributed by atoms with Crippen LogP contribution in [-0.4, -0.2) is 22.4 Å². The highest BCUT2D eigenvalue weighted by Crippen LogP contribution is 2.21. The van der Waals surface area contributed by atoms with Crippen LogP contribution in [0.15, 0.2) is 36.9 Å². The zero-order valence-electron chi connectivity index (χ0n) is 12.5. The van der Waals surface area contributed by atoms with Crippen LogP contribution in [0.4, 0.5) is 11.5 Å². The van der Waals surface area contributed by atoms with Gasteiger partial charge in [0.15, 0.2) is 0 Å². The Morgan fingerprint density at radius 1 is 1.32 bits per heavy atom. The number of nitrogens with zero attached hydrogens (tertiary/aromatic N) is 2. The fourth-order valence-corrected chi connectivity index (χ4v) is 2.04. The fourth-order valence-electron chi connectivity index (χ4n) is 1.87. The highest BCUT2D eigenvalue weighted by Gasteiger charge is 2.12. The molecule has 1 amide bonds. The third kappa shape index (κ3) is 4.05. The van der Waals surface area contributed by atoms with E-state index in [9.17, 15) is 4.79 Å². The van der Waals surface area contributed by atoms with Crippen molar-refractivity contribution in [1.82, 2.24) is 9.97 Å². The van der Waals surface area contributed by atoms with E-state index in [1.54, 1.807) is 31.2 Å². The molecule has 114 valence electrons. The molecular formula is C16H17ClN4O. The number of aromatic nitrogens is 2. The van der Waals surface area contributed by atoms with Gasteiger partial charge < -0.3 is 10.6 Å². The molecule has 1 aromatic carbocycles. The minimum atomic E-state index is -0.308.